The molecule has 2 aromatic carbocycles. The number of H-pyrrole nitrogens is 1. The third kappa shape index (κ3) is 3.17. The number of halogens is 1. The van der Waals surface area contributed by atoms with E-state index >= 15 is 0 Å². The maximum atomic E-state index is 12.9. The molecule has 2 atom stereocenters. The van der Waals surface area contributed by atoms with Crippen LogP contribution in [0, 0.1) is 17.2 Å². The van der Waals surface area contributed by atoms with Gasteiger partial charge in [0.05, 0.1) is 6.07 Å². The fourth-order valence-electron chi connectivity index (χ4n) is 3.23. The van der Waals surface area contributed by atoms with Crippen LogP contribution in [0.4, 0.5) is 0 Å². The summed E-state index contributed by atoms with van der Waals surface area (Å²) >= 11 is 5.96. The number of Topliss-reactive ketones (excluding diaryl/α,β-unsaturated/α-hetero) is 2. The van der Waals surface area contributed by atoms with Crippen LogP contribution in [-0.2, 0) is 9.63 Å². The largest absolute Gasteiger partial charge is 0.387 e. The molecule has 2 heterocycles. The minimum absolute atomic E-state index is 0.0941. The molecule has 4 rings (SSSR count). The molecule has 7 heteroatoms. The Bertz CT molecular complexity index is 1140. The average molecular weight is 392 g/mol. The third-order valence-electron chi connectivity index (χ3n) is 4.69. The fraction of sp³-hybridized carbons (Fsp3) is 0.143. The van der Waals surface area contributed by atoms with Gasteiger partial charge in [0.2, 0.25) is 5.78 Å². The van der Waals surface area contributed by atoms with Gasteiger partial charge in [0, 0.05) is 34.1 Å². The number of benzene rings is 2. The van der Waals surface area contributed by atoms with E-state index in [0.717, 1.165) is 5.56 Å². The second kappa shape index (κ2) is 7.29. The number of hydrogen-bond donors (Lipinski definition) is 1. The van der Waals surface area contributed by atoms with Gasteiger partial charge in [-0.3, -0.25) is 9.59 Å². The highest BCUT2D eigenvalue weighted by Gasteiger charge is 2.36. The number of fused-ring (bicyclic) bond motifs is 1. The number of nitrogens with zero attached hydrogens (tertiary/aromatic N) is 2. The Labute approximate surface area is 165 Å². The van der Waals surface area contributed by atoms with Gasteiger partial charge < -0.3 is 9.82 Å². The molecule has 1 aromatic heterocycles. The zero-order valence-electron chi connectivity index (χ0n) is 14.6. The Morgan fingerprint density at radius 1 is 1.21 bits per heavy atom. The first-order chi connectivity index (χ1) is 13.6. The molecular weight excluding hydrogens is 378 g/mol. The van der Waals surface area contributed by atoms with Crippen molar-refractivity contribution in [1.82, 2.24) is 4.98 Å². The van der Waals surface area contributed by atoms with E-state index in [1.165, 1.54) is 6.20 Å². The molecule has 1 aliphatic heterocycles. The number of ketones is 2. The molecule has 0 fully saturated rings. The number of aromatic nitrogens is 1. The minimum atomic E-state index is -1.48. The van der Waals surface area contributed by atoms with E-state index in [4.69, 9.17) is 16.4 Å². The number of nitrogens with one attached hydrogen (secondary N) is 1. The molecule has 0 bridgehead atoms. The number of nitriles is 1. The van der Waals surface area contributed by atoms with Crippen LogP contribution in [0.1, 0.15) is 28.4 Å². The lowest BCUT2D eigenvalue weighted by Gasteiger charge is -2.08. The molecule has 1 N–H and O–H groups in total. The summed E-state index contributed by atoms with van der Waals surface area (Å²) in [4.78, 5) is 34.0. The molecule has 0 aliphatic carbocycles. The summed E-state index contributed by atoms with van der Waals surface area (Å²) in [7, 11) is 0. The highest BCUT2D eigenvalue weighted by Crippen LogP contribution is 2.29. The predicted octanol–water partition coefficient (Wildman–Crippen LogP) is 4.23. The first-order valence-corrected chi connectivity index (χ1v) is 8.98. The maximum absolute atomic E-state index is 12.9. The first-order valence-electron chi connectivity index (χ1n) is 8.61. The van der Waals surface area contributed by atoms with Crippen molar-refractivity contribution in [2.75, 3.05) is 0 Å². The quantitative estimate of drug-likeness (QED) is 0.520. The molecule has 3 aromatic rings. The SMILES string of the molecule is N#C[C@H](C(=O)C1=NO[C@@H](c2ccccc2)C1)C(=O)c1c[nH]c2cc(Cl)ccc12. The zero-order valence-corrected chi connectivity index (χ0v) is 15.3. The average Bonchev–Trinajstić information content (AvgIpc) is 3.36. The molecule has 0 spiro atoms. The van der Waals surface area contributed by atoms with E-state index in [2.05, 4.69) is 10.1 Å². The Morgan fingerprint density at radius 3 is 2.75 bits per heavy atom. The maximum Gasteiger partial charge on any atom is 0.205 e. The van der Waals surface area contributed by atoms with Crippen molar-refractivity contribution in [3.8, 4) is 6.07 Å². The minimum Gasteiger partial charge on any atom is -0.387 e. The molecular formula is C21H14ClN3O3. The van der Waals surface area contributed by atoms with Crippen molar-refractivity contribution in [3.63, 3.8) is 0 Å². The van der Waals surface area contributed by atoms with Crippen LogP contribution in [0.15, 0.2) is 59.9 Å². The van der Waals surface area contributed by atoms with Crippen molar-refractivity contribution in [3.05, 3.63) is 70.9 Å². The van der Waals surface area contributed by atoms with Crippen LogP contribution < -0.4 is 0 Å². The second-order valence-electron chi connectivity index (χ2n) is 6.43. The topological polar surface area (TPSA) is 95.3 Å². The number of aromatic amines is 1. The van der Waals surface area contributed by atoms with E-state index < -0.39 is 23.6 Å². The number of carbonyl (C=O) groups is 2. The zero-order chi connectivity index (χ0) is 19.7. The number of carbonyl (C=O) groups excluding carboxylic acids is 2. The summed E-state index contributed by atoms with van der Waals surface area (Å²) < 4.78 is 0. The summed E-state index contributed by atoms with van der Waals surface area (Å²) in [5.74, 6) is -2.69. The van der Waals surface area contributed by atoms with Crippen LogP contribution >= 0.6 is 11.6 Å². The highest BCUT2D eigenvalue weighted by atomic mass is 35.5. The van der Waals surface area contributed by atoms with Crippen molar-refractivity contribution in [2.45, 2.75) is 12.5 Å². The number of rotatable bonds is 5. The molecule has 0 saturated heterocycles. The third-order valence-corrected chi connectivity index (χ3v) is 4.92. The number of hydrogen-bond acceptors (Lipinski definition) is 5. The molecule has 0 unspecified atom stereocenters. The van der Waals surface area contributed by atoms with Gasteiger partial charge in [-0.05, 0) is 17.7 Å². The van der Waals surface area contributed by atoms with Gasteiger partial charge in [0.15, 0.2) is 17.8 Å². The second-order valence-corrected chi connectivity index (χ2v) is 6.87. The normalized spacial score (nSPS) is 16.9. The molecule has 0 saturated carbocycles. The lowest BCUT2D eigenvalue weighted by molar-refractivity contribution is -0.114. The van der Waals surface area contributed by atoms with Crippen molar-refractivity contribution < 1.29 is 14.4 Å². The van der Waals surface area contributed by atoms with Gasteiger partial charge in [0.1, 0.15) is 5.71 Å². The van der Waals surface area contributed by atoms with Crippen LogP contribution in [0.5, 0.6) is 0 Å². The van der Waals surface area contributed by atoms with Crippen LogP contribution in [0.2, 0.25) is 5.02 Å². The molecule has 138 valence electrons. The van der Waals surface area contributed by atoms with Gasteiger partial charge in [-0.2, -0.15) is 5.26 Å². The Kier molecular flexibility index (Phi) is 4.68. The Morgan fingerprint density at radius 2 is 2.00 bits per heavy atom. The van der Waals surface area contributed by atoms with Crippen molar-refractivity contribution in [2.24, 2.45) is 11.1 Å². The first kappa shape index (κ1) is 18.0. The van der Waals surface area contributed by atoms with Crippen LogP contribution in [0.25, 0.3) is 10.9 Å². The Hall–Kier alpha value is -3.43. The standard InChI is InChI=1S/C21H14ClN3O3/c22-13-6-7-14-16(11-24-17(14)8-13)20(26)15(10-23)21(27)18-9-19(28-25-18)12-4-2-1-3-5-12/h1-8,11,15,19,24H,9H2/t15-,19+/m0/s1. The molecule has 0 radical (unpaired) electrons. The van der Waals surface area contributed by atoms with E-state index in [1.54, 1.807) is 18.2 Å². The Balaban J connectivity index is 1.56. The summed E-state index contributed by atoms with van der Waals surface area (Å²) in [6, 6.07) is 16.2. The summed E-state index contributed by atoms with van der Waals surface area (Å²) in [5, 5.41) is 14.5. The van der Waals surface area contributed by atoms with Gasteiger partial charge >= 0.3 is 0 Å². The van der Waals surface area contributed by atoms with E-state index in [9.17, 15) is 14.9 Å². The summed E-state index contributed by atoms with van der Waals surface area (Å²) in [6.07, 6.45) is 1.31. The van der Waals surface area contributed by atoms with E-state index in [1.807, 2.05) is 36.4 Å². The molecule has 0 amide bonds. The predicted molar refractivity (Wildman–Crippen MR) is 104 cm³/mol. The summed E-state index contributed by atoms with van der Waals surface area (Å²) in [5.41, 5.74) is 1.90. The molecule has 6 nitrogen and oxygen atoms in total. The fourth-order valence-corrected chi connectivity index (χ4v) is 3.40. The number of oxime groups is 1. The van der Waals surface area contributed by atoms with Gasteiger partial charge in [-0.25, -0.2) is 0 Å². The molecule has 28 heavy (non-hydrogen) atoms. The smallest absolute Gasteiger partial charge is 0.205 e. The summed E-state index contributed by atoms with van der Waals surface area (Å²) in [6.45, 7) is 0. The lowest BCUT2D eigenvalue weighted by atomic mass is 9.90. The van der Waals surface area contributed by atoms with Gasteiger partial charge in [-0.15, -0.1) is 0 Å². The molecule has 1 aliphatic rings. The van der Waals surface area contributed by atoms with E-state index in [0.29, 0.717) is 15.9 Å². The van der Waals surface area contributed by atoms with Crippen LogP contribution in [-0.4, -0.2) is 22.3 Å². The van der Waals surface area contributed by atoms with E-state index in [-0.39, 0.29) is 17.7 Å². The monoisotopic (exact) mass is 391 g/mol. The van der Waals surface area contributed by atoms with Gasteiger partial charge in [-0.1, -0.05) is 53.2 Å². The van der Waals surface area contributed by atoms with Gasteiger partial charge in [0.25, 0.3) is 0 Å². The van der Waals surface area contributed by atoms with Crippen LogP contribution in [0.3, 0.4) is 0 Å². The lowest BCUT2D eigenvalue weighted by Crippen LogP contribution is -2.28. The highest BCUT2D eigenvalue weighted by molar-refractivity contribution is 6.46. The van der Waals surface area contributed by atoms with Crippen molar-refractivity contribution in [1.29, 1.82) is 5.26 Å². The van der Waals surface area contributed by atoms with Crippen molar-refractivity contribution >= 4 is 39.8 Å².